The molecule has 0 saturated heterocycles. The van der Waals surface area contributed by atoms with Crippen LogP contribution in [0.5, 0.6) is 5.75 Å². The van der Waals surface area contributed by atoms with Crippen LogP contribution in [0.2, 0.25) is 0 Å². The molecule has 16 heavy (non-hydrogen) atoms. The third kappa shape index (κ3) is 3.39. The molecule has 0 fully saturated rings. The van der Waals surface area contributed by atoms with Gasteiger partial charge in [-0.2, -0.15) is 5.26 Å². The predicted molar refractivity (Wildman–Crippen MR) is 61.3 cm³/mol. The Morgan fingerprint density at radius 1 is 1.44 bits per heavy atom. The molecule has 0 saturated carbocycles. The lowest BCUT2D eigenvalue weighted by Gasteiger charge is -2.09. The van der Waals surface area contributed by atoms with Gasteiger partial charge in [0, 0.05) is 6.42 Å². The Balaban J connectivity index is 2.47. The zero-order valence-corrected chi connectivity index (χ0v) is 9.62. The van der Waals surface area contributed by atoms with Crippen molar-refractivity contribution in [2.75, 3.05) is 6.61 Å². The van der Waals surface area contributed by atoms with Gasteiger partial charge in [0.1, 0.15) is 11.5 Å². The quantitative estimate of drug-likeness (QED) is 0.761. The zero-order chi connectivity index (χ0) is 12.0. The minimum atomic E-state index is -0.0761. The molecule has 0 amide bonds. The van der Waals surface area contributed by atoms with Crippen LogP contribution in [-0.2, 0) is 4.79 Å². The number of hydrogen-bond acceptors (Lipinski definition) is 3. The topological polar surface area (TPSA) is 50.1 Å². The zero-order valence-electron chi connectivity index (χ0n) is 9.62. The number of hydrogen-bond donors (Lipinski definition) is 0. The predicted octanol–water partition coefficient (Wildman–Crippen LogP) is 2.56. The van der Waals surface area contributed by atoms with Gasteiger partial charge in [-0.25, -0.2) is 0 Å². The van der Waals surface area contributed by atoms with Crippen molar-refractivity contribution in [3.05, 3.63) is 29.3 Å². The maximum Gasteiger partial charge on any atom is 0.150 e. The maximum absolute atomic E-state index is 11.1. The highest BCUT2D eigenvalue weighted by molar-refractivity contribution is 5.80. The summed E-state index contributed by atoms with van der Waals surface area (Å²) in [6.07, 6.45) is 0.261. The summed E-state index contributed by atoms with van der Waals surface area (Å²) in [4.78, 5) is 11.1. The van der Waals surface area contributed by atoms with Crippen molar-refractivity contribution >= 4 is 5.78 Å². The fourth-order valence-electron chi connectivity index (χ4n) is 1.33. The van der Waals surface area contributed by atoms with Gasteiger partial charge in [-0.05, 0) is 31.0 Å². The van der Waals surface area contributed by atoms with Crippen LogP contribution in [0.3, 0.4) is 0 Å². The number of benzene rings is 1. The van der Waals surface area contributed by atoms with Gasteiger partial charge in [0.2, 0.25) is 0 Å². The average molecular weight is 217 g/mol. The van der Waals surface area contributed by atoms with Crippen LogP contribution in [0.25, 0.3) is 0 Å². The third-order valence-electron chi connectivity index (χ3n) is 2.47. The molecule has 0 aromatic heterocycles. The minimum absolute atomic E-state index is 0.0316. The van der Waals surface area contributed by atoms with Gasteiger partial charge in [-0.3, -0.25) is 4.79 Å². The highest BCUT2D eigenvalue weighted by Crippen LogP contribution is 2.20. The highest BCUT2D eigenvalue weighted by atomic mass is 16.5. The van der Waals surface area contributed by atoms with Gasteiger partial charge in [0.25, 0.3) is 0 Å². The molecule has 0 aliphatic heterocycles. The van der Waals surface area contributed by atoms with E-state index in [-0.39, 0.29) is 12.2 Å². The molecule has 0 aliphatic rings. The normalized spacial score (nSPS) is 9.56. The Kier molecular flexibility index (Phi) is 4.53. The summed E-state index contributed by atoms with van der Waals surface area (Å²) in [6, 6.07) is 7.66. The molecule has 0 aliphatic carbocycles. The minimum Gasteiger partial charge on any atom is -0.493 e. The van der Waals surface area contributed by atoms with E-state index < -0.39 is 0 Å². The molecule has 0 N–H and O–H groups in total. The molecule has 1 rings (SSSR count). The first-order valence-electron chi connectivity index (χ1n) is 5.23. The van der Waals surface area contributed by atoms with Crippen LogP contribution in [0.15, 0.2) is 18.2 Å². The number of nitriles is 1. The molecule has 1 aromatic carbocycles. The molecule has 0 heterocycles. The molecule has 0 bridgehead atoms. The number of carbonyl (C=O) groups excluding carboxylic acids is 1. The second-order valence-electron chi connectivity index (χ2n) is 3.67. The lowest BCUT2D eigenvalue weighted by atomic mass is 10.1. The maximum atomic E-state index is 11.1. The number of rotatable bonds is 5. The Labute approximate surface area is 95.7 Å². The van der Waals surface area contributed by atoms with Crippen LogP contribution in [0.1, 0.15) is 24.0 Å². The van der Waals surface area contributed by atoms with Crippen LogP contribution in [-0.4, -0.2) is 12.4 Å². The van der Waals surface area contributed by atoms with Crippen molar-refractivity contribution in [1.82, 2.24) is 0 Å². The molecule has 3 heteroatoms. The van der Waals surface area contributed by atoms with E-state index in [1.165, 1.54) is 5.56 Å². The van der Waals surface area contributed by atoms with Gasteiger partial charge < -0.3 is 4.74 Å². The first-order chi connectivity index (χ1) is 7.65. The Bertz CT molecular complexity index is 418. The van der Waals surface area contributed by atoms with E-state index in [1.54, 1.807) is 0 Å². The summed E-state index contributed by atoms with van der Waals surface area (Å²) in [6.45, 7) is 4.34. The number of nitrogens with zero attached hydrogens (tertiary/aromatic N) is 1. The number of Topliss-reactive ketones (excluding diaryl/α,β-unsaturated/α-hetero) is 1. The van der Waals surface area contributed by atoms with Gasteiger partial charge >= 0.3 is 0 Å². The van der Waals surface area contributed by atoms with Gasteiger partial charge in [0.15, 0.2) is 0 Å². The molecule has 0 unspecified atom stereocenters. The van der Waals surface area contributed by atoms with Crippen molar-refractivity contribution in [3.8, 4) is 11.8 Å². The van der Waals surface area contributed by atoms with Gasteiger partial charge in [-0.15, -0.1) is 0 Å². The lowest BCUT2D eigenvalue weighted by Crippen LogP contribution is -2.06. The molecular weight excluding hydrogens is 202 g/mol. The molecule has 0 radical (unpaired) electrons. The summed E-state index contributed by atoms with van der Waals surface area (Å²) in [5.41, 5.74) is 2.26. The monoisotopic (exact) mass is 217 g/mol. The Morgan fingerprint density at radius 3 is 2.88 bits per heavy atom. The Hall–Kier alpha value is -1.82. The highest BCUT2D eigenvalue weighted by Gasteiger charge is 2.04. The number of carbonyl (C=O) groups is 1. The lowest BCUT2D eigenvalue weighted by molar-refractivity contribution is -0.118. The van der Waals surface area contributed by atoms with Crippen molar-refractivity contribution in [3.63, 3.8) is 0 Å². The van der Waals surface area contributed by atoms with Crippen molar-refractivity contribution in [2.45, 2.75) is 26.7 Å². The summed E-state index contributed by atoms with van der Waals surface area (Å²) in [7, 11) is 0. The molecular formula is C13H15NO2. The number of ketones is 1. The first kappa shape index (κ1) is 12.3. The first-order valence-corrected chi connectivity index (χ1v) is 5.23. The summed E-state index contributed by atoms with van der Waals surface area (Å²) >= 11 is 0. The summed E-state index contributed by atoms with van der Waals surface area (Å²) < 4.78 is 5.50. The Morgan fingerprint density at radius 2 is 2.19 bits per heavy atom. The fraction of sp³-hybridized carbons (Fsp3) is 0.385. The van der Waals surface area contributed by atoms with Crippen molar-refractivity contribution in [2.24, 2.45) is 0 Å². The molecule has 0 atom stereocenters. The molecule has 3 nitrogen and oxygen atoms in total. The number of aryl methyl sites for hydroxylation is 1. The van der Waals surface area contributed by atoms with E-state index in [0.717, 1.165) is 11.3 Å². The van der Waals surface area contributed by atoms with E-state index >= 15 is 0 Å². The van der Waals surface area contributed by atoms with Crippen LogP contribution < -0.4 is 4.74 Å². The molecule has 1 aromatic rings. The SMILES string of the molecule is Cc1cccc(OCCC(=O)CC#N)c1C. The largest absolute Gasteiger partial charge is 0.493 e. The van der Waals surface area contributed by atoms with Crippen LogP contribution >= 0.6 is 0 Å². The van der Waals surface area contributed by atoms with Crippen LogP contribution in [0, 0.1) is 25.2 Å². The smallest absolute Gasteiger partial charge is 0.150 e. The van der Waals surface area contributed by atoms with Crippen molar-refractivity contribution < 1.29 is 9.53 Å². The standard InChI is InChI=1S/C13H15NO2/c1-10-4-3-5-13(11(10)2)16-9-7-12(15)6-8-14/h3-5H,6-7,9H2,1-2H3. The number of ether oxygens (including phenoxy) is 1. The second kappa shape index (κ2) is 5.92. The average Bonchev–Trinajstić information content (AvgIpc) is 2.25. The second-order valence-corrected chi connectivity index (χ2v) is 3.67. The fourth-order valence-corrected chi connectivity index (χ4v) is 1.33. The van der Waals surface area contributed by atoms with Gasteiger partial charge in [0.05, 0.1) is 19.1 Å². The summed E-state index contributed by atoms with van der Waals surface area (Å²) in [5, 5.41) is 8.32. The van der Waals surface area contributed by atoms with Crippen LogP contribution in [0.4, 0.5) is 0 Å². The molecule has 84 valence electrons. The molecule has 0 spiro atoms. The van der Waals surface area contributed by atoms with Gasteiger partial charge in [-0.1, -0.05) is 12.1 Å². The van der Waals surface area contributed by atoms with E-state index in [0.29, 0.717) is 13.0 Å². The third-order valence-corrected chi connectivity index (χ3v) is 2.47. The summed E-state index contributed by atoms with van der Waals surface area (Å²) in [5.74, 6) is 0.734. The van der Waals surface area contributed by atoms with E-state index in [4.69, 9.17) is 10.00 Å². The van der Waals surface area contributed by atoms with Crippen molar-refractivity contribution in [1.29, 1.82) is 5.26 Å². The van der Waals surface area contributed by atoms with E-state index in [9.17, 15) is 4.79 Å². The van der Waals surface area contributed by atoms with E-state index in [2.05, 4.69) is 0 Å². The van der Waals surface area contributed by atoms with E-state index in [1.807, 2.05) is 38.1 Å².